The molecule has 6 heteroatoms. The molecule has 2 N–H and O–H groups in total. The minimum atomic E-state index is -0.317. The highest BCUT2D eigenvalue weighted by atomic mass is 19.1. The number of halogens is 1. The van der Waals surface area contributed by atoms with Crippen molar-refractivity contribution in [2.24, 2.45) is 0 Å². The number of piperazine rings is 1. The minimum Gasteiger partial charge on any atom is -0.336 e. The number of rotatable bonds is 4. The minimum absolute atomic E-state index is 0.0958. The average molecular weight is 308 g/mol. The fourth-order valence-corrected chi connectivity index (χ4v) is 2.53. The van der Waals surface area contributed by atoms with E-state index in [2.05, 4.69) is 41.3 Å². The first-order valence-corrected chi connectivity index (χ1v) is 7.61. The van der Waals surface area contributed by atoms with Crippen LogP contribution in [0.25, 0.3) is 0 Å². The molecular weight excluding hydrogens is 283 g/mol. The maximum atomic E-state index is 12.8. The van der Waals surface area contributed by atoms with Gasteiger partial charge in [0.25, 0.3) is 0 Å². The zero-order valence-corrected chi connectivity index (χ0v) is 13.5. The molecule has 1 fully saturated rings. The number of nitrogens with one attached hydrogen (secondary N) is 2. The van der Waals surface area contributed by atoms with Gasteiger partial charge in [0.1, 0.15) is 5.82 Å². The number of nitrogens with zero attached hydrogens (tertiary/aromatic N) is 2. The van der Waals surface area contributed by atoms with Crippen molar-refractivity contribution in [3.8, 4) is 0 Å². The Kier molecular flexibility index (Phi) is 5.37. The van der Waals surface area contributed by atoms with E-state index in [4.69, 9.17) is 0 Å². The van der Waals surface area contributed by atoms with Crippen molar-refractivity contribution in [3.05, 3.63) is 30.1 Å². The number of anilines is 1. The molecule has 5 nitrogen and oxygen atoms in total. The first-order chi connectivity index (χ1) is 10.4. The van der Waals surface area contributed by atoms with Gasteiger partial charge in [-0.25, -0.2) is 9.18 Å². The smallest absolute Gasteiger partial charge is 0.319 e. The summed E-state index contributed by atoms with van der Waals surface area (Å²) >= 11 is 0. The molecule has 0 atom stereocenters. The lowest BCUT2D eigenvalue weighted by Gasteiger charge is -2.43. The summed E-state index contributed by atoms with van der Waals surface area (Å²) in [5.74, 6) is -0.317. The Morgan fingerprint density at radius 2 is 1.77 bits per heavy atom. The Morgan fingerprint density at radius 3 is 2.36 bits per heavy atom. The monoisotopic (exact) mass is 308 g/mol. The molecule has 22 heavy (non-hydrogen) atoms. The van der Waals surface area contributed by atoms with Crippen molar-refractivity contribution in [3.63, 3.8) is 0 Å². The lowest BCUT2D eigenvalue weighted by molar-refractivity contribution is 0.0636. The van der Waals surface area contributed by atoms with Gasteiger partial charge in [-0.1, -0.05) is 0 Å². The Bertz CT molecular complexity index is 495. The lowest BCUT2D eigenvalue weighted by Crippen LogP contribution is -2.58. The van der Waals surface area contributed by atoms with Crippen molar-refractivity contribution in [2.45, 2.75) is 19.4 Å². The van der Waals surface area contributed by atoms with Crippen molar-refractivity contribution in [2.75, 3.05) is 45.1 Å². The van der Waals surface area contributed by atoms with Crippen LogP contribution < -0.4 is 10.6 Å². The summed E-state index contributed by atoms with van der Waals surface area (Å²) in [4.78, 5) is 16.6. The second kappa shape index (κ2) is 7.07. The number of benzene rings is 1. The van der Waals surface area contributed by atoms with Crippen LogP contribution in [-0.2, 0) is 0 Å². The average Bonchev–Trinajstić information content (AvgIpc) is 2.48. The van der Waals surface area contributed by atoms with Gasteiger partial charge >= 0.3 is 6.03 Å². The van der Waals surface area contributed by atoms with Gasteiger partial charge in [0.15, 0.2) is 0 Å². The topological polar surface area (TPSA) is 47.6 Å². The zero-order valence-electron chi connectivity index (χ0n) is 13.5. The van der Waals surface area contributed by atoms with Crippen LogP contribution >= 0.6 is 0 Å². The third-order valence-electron chi connectivity index (χ3n) is 4.14. The summed E-state index contributed by atoms with van der Waals surface area (Å²) in [5.41, 5.74) is 0.484. The van der Waals surface area contributed by atoms with Crippen molar-refractivity contribution >= 4 is 11.7 Å². The van der Waals surface area contributed by atoms with Crippen LogP contribution in [0.5, 0.6) is 0 Å². The van der Waals surface area contributed by atoms with Gasteiger partial charge in [0.2, 0.25) is 0 Å². The third kappa shape index (κ3) is 4.68. The highest BCUT2D eigenvalue weighted by molar-refractivity contribution is 5.89. The number of carbonyl (C=O) groups is 1. The Balaban J connectivity index is 1.80. The van der Waals surface area contributed by atoms with Crippen LogP contribution in [0.15, 0.2) is 24.3 Å². The molecule has 2 rings (SSSR count). The van der Waals surface area contributed by atoms with E-state index in [0.29, 0.717) is 12.2 Å². The molecule has 0 unspecified atom stereocenters. The number of hydrogen-bond donors (Lipinski definition) is 2. The van der Waals surface area contributed by atoms with E-state index in [1.165, 1.54) is 12.1 Å². The van der Waals surface area contributed by atoms with E-state index in [0.717, 1.165) is 26.2 Å². The number of urea groups is 1. The summed E-state index contributed by atoms with van der Waals surface area (Å²) < 4.78 is 12.8. The highest BCUT2D eigenvalue weighted by Crippen LogP contribution is 2.16. The Morgan fingerprint density at radius 1 is 1.18 bits per heavy atom. The van der Waals surface area contributed by atoms with Crippen molar-refractivity contribution in [1.82, 2.24) is 15.1 Å². The van der Waals surface area contributed by atoms with Crippen molar-refractivity contribution in [1.29, 1.82) is 0 Å². The van der Waals surface area contributed by atoms with E-state index in [1.807, 2.05) is 0 Å². The van der Waals surface area contributed by atoms with Crippen LogP contribution in [0.2, 0.25) is 0 Å². The normalized spacial score (nSPS) is 17.3. The second-order valence-corrected chi connectivity index (χ2v) is 6.42. The van der Waals surface area contributed by atoms with Crippen LogP contribution in [0.3, 0.4) is 0 Å². The van der Waals surface area contributed by atoms with Gasteiger partial charge in [-0.3, -0.25) is 4.90 Å². The SMILES string of the molecule is CN1CCN(C(C)(C)CNC(=O)Nc2ccc(F)cc2)CC1. The number of amides is 2. The van der Waals surface area contributed by atoms with Crippen LogP contribution in [0.4, 0.5) is 14.9 Å². The maximum absolute atomic E-state index is 12.8. The molecule has 0 aromatic heterocycles. The van der Waals surface area contributed by atoms with E-state index < -0.39 is 0 Å². The molecule has 0 spiro atoms. The summed E-state index contributed by atoms with van der Waals surface area (Å²) in [7, 11) is 2.12. The predicted octanol–water partition coefficient (Wildman–Crippen LogP) is 1.97. The first kappa shape index (κ1) is 16.7. The summed E-state index contributed by atoms with van der Waals surface area (Å²) in [6, 6.07) is 5.46. The molecule has 0 saturated carbocycles. The quantitative estimate of drug-likeness (QED) is 0.894. The molecule has 1 heterocycles. The van der Waals surface area contributed by atoms with Crippen molar-refractivity contribution < 1.29 is 9.18 Å². The number of carbonyl (C=O) groups excluding carboxylic acids is 1. The molecule has 1 aromatic rings. The fraction of sp³-hybridized carbons (Fsp3) is 0.562. The molecule has 122 valence electrons. The highest BCUT2D eigenvalue weighted by Gasteiger charge is 2.29. The molecule has 1 aromatic carbocycles. The van der Waals surface area contributed by atoms with Gasteiger partial charge < -0.3 is 15.5 Å². The summed E-state index contributed by atoms with van der Waals surface area (Å²) in [5, 5.41) is 5.60. The summed E-state index contributed by atoms with van der Waals surface area (Å²) in [6.07, 6.45) is 0. The van der Waals surface area contributed by atoms with E-state index in [9.17, 15) is 9.18 Å². The Hall–Kier alpha value is -1.66. The molecule has 1 saturated heterocycles. The van der Waals surface area contributed by atoms with Crippen LogP contribution in [0, 0.1) is 5.82 Å². The molecule has 0 bridgehead atoms. The lowest BCUT2D eigenvalue weighted by atomic mass is 10.0. The number of hydrogen-bond acceptors (Lipinski definition) is 3. The van der Waals surface area contributed by atoms with E-state index >= 15 is 0 Å². The first-order valence-electron chi connectivity index (χ1n) is 7.61. The van der Waals surface area contributed by atoms with Gasteiger partial charge in [-0.15, -0.1) is 0 Å². The van der Waals surface area contributed by atoms with Gasteiger partial charge in [-0.2, -0.15) is 0 Å². The maximum Gasteiger partial charge on any atom is 0.319 e. The molecule has 0 aliphatic carbocycles. The van der Waals surface area contributed by atoms with E-state index in [1.54, 1.807) is 12.1 Å². The molecule has 0 radical (unpaired) electrons. The Labute approximate surface area is 131 Å². The van der Waals surface area contributed by atoms with Crippen LogP contribution in [-0.4, -0.2) is 61.1 Å². The molecule has 1 aliphatic rings. The van der Waals surface area contributed by atoms with Crippen LogP contribution in [0.1, 0.15) is 13.8 Å². The summed E-state index contributed by atoms with van der Waals surface area (Å²) in [6.45, 7) is 8.93. The fourth-order valence-electron chi connectivity index (χ4n) is 2.53. The second-order valence-electron chi connectivity index (χ2n) is 6.42. The third-order valence-corrected chi connectivity index (χ3v) is 4.14. The van der Waals surface area contributed by atoms with Gasteiger partial charge in [0.05, 0.1) is 0 Å². The number of likely N-dealkylation sites (N-methyl/N-ethyl adjacent to an activating group) is 1. The standard InChI is InChI=1S/C16H25FN4O/c1-16(2,21-10-8-20(3)9-11-21)12-18-15(22)19-14-6-4-13(17)5-7-14/h4-7H,8-12H2,1-3H3,(H2,18,19,22). The molecule has 1 aliphatic heterocycles. The molecular formula is C16H25FN4O. The van der Waals surface area contributed by atoms with Gasteiger partial charge in [-0.05, 0) is 45.2 Å². The van der Waals surface area contributed by atoms with E-state index in [-0.39, 0.29) is 17.4 Å². The zero-order chi connectivity index (χ0) is 16.2. The van der Waals surface area contributed by atoms with Gasteiger partial charge in [0, 0.05) is 44.0 Å². The largest absolute Gasteiger partial charge is 0.336 e. The predicted molar refractivity (Wildman–Crippen MR) is 86.6 cm³/mol. The molecule has 2 amide bonds.